The summed E-state index contributed by atoms with van der Waals surface area (Å²) in [5, 5.41) is 4.55. The lowest BCUT2D eigenvalue weighted by Crippen LogP contribution is -3.11. The fourth-order valence-electron chi connectivity index (χ4n) is 2.80. The summed E-state index contributed by atoms with van der Waals surface area (Å²) in [5.41, 5.74) is 4.28. The maximum atomic E-state index is 5.94. The number of allylic oxidation sites excluding steroid dienone is 1. The number of benzene rings is 1. The zero-order valence-electron chi connectivity index (χ0n) is 11.3. The van der Waals surface area contributed by atoms with Crippen LogP contribution in [0.5, 0.6) is 0 Å². The molecule has 0 aromatic heterocycles. The largest absolute Gasteiger partial charge is 1.00 e. The van der Waals surface area contributed by atoms with Crippen LogP contribution in [-0.2, 0) is 0 Å². The molecule has 0 bridgehead atoms. The minimum atomic E-state index is 0. The Bertz CT molecular complexity index is 442. The van der Waals surface area contributed by atoms with E-state index < -0.39 is 0 Å². The van der Waals surface area contributed by atoms with E-state index in [4.69, 9.17) is 11.6 Å². The first kappa shape index (κ1) is 16.0. The molecule has 18 heavy (non-hydrogen) atoms. The third-order valence-corrected chi connectivity index (χ3v) is 4.03. The highest BCUT2D eigenvalue weighted by molar-refractivity contribution is 6.30. The summed E-state index contributed by atoms with van der Waals surface area (Å²) in [6, 6.07) is 8.56. The molecule has 1 aliphatic heterocycles. The van der Waals surface area contributed by atoms with Gasteiger partial charge in [0.1, 0.15) is 11.7 Å². The van der Waals surface area contributed by atoms with E-state index in [0.29, 0.717) is 6.04 Å². The van der Waals surface area contributed by atoms with Crippen LogP contribution in [0, 0.1) is 0 Å². The number of nitrogens with zero attached hydrogens (tertiary/aromatic N) is 1. The van der Waals surface area contributed by atoms with Crippen molar-refractivity contribution in [3.05, 3.63) is 46.1 Å². The van der Waals surface area contributed by atoms with Crippen molar-refractivity contribution in [2.45, 2.75) is 26.3 Å². The molecule has 0 fully saturated rings. The minimum absolute atomic E-state index is 0. The average molecular weight is 379 g/mol. The quantitative estimate of drug-likeness (QED) is 0.678. The van der Waals surface area contributed by atoms with Crippen LogP contribution in [0.3, 0.4) is 0 Å². The maximum absolute atomic E-state index is 5.94. The van der Waals surface area contributed by atoms with Crippen molar-refractivity contribution in [3.63, 3.8) is 0 Å². The lowest BCUT2D eigenvalue weighted by atomic mass is 9.99. The molecule has 0 spiro atoms. The number of likely N-dealkylation sites (N-methyl/N-ethyl adjacent to an activating group) is 1. The maximum Gasteiger partial charge on any atom is 0.127 e. The van der Waals surface area contributed by atoms with E-state index in [1.54, 1.807) is 0 Å². The molecule has 2 nitrogen and oxygen atoms in total. The third kappa shape index (κ3) is 2.74. The molecule has 1 N–H and O–H groups in total. The Hall–Kier alpha value is -0.100. The smallest absolute Gasteiger partial charge is 0.127 e. The third-order valence-electron chi connectivity index (χ3n) is 3.78. The van der Waals surface area contributed by atoms with E-state index in [1.807, 2.05) is 12.1 Å². The Morgan fingerprint density at radius 1 is 1.28 bits per heavy atom. The molecule has 0 radical (unpaired) electrons. The first-order chi connectivity index (χ1) is 8.06. The van der Waals surface area contributed by atoms with Crippen LogP contribution in [0.15, 0.2) is 35.5 Å². The molecule has 0 saturated carbocycles. The van der Waals surface area contributed by atoms with Gasteiger partial charge >= 0.3 is 0 Å². The van der Waals surface area contributed by atoms with Crippen molar-refractivity contribution in [3.8, 4) is 0 Å². The highest BCUT2D eigenvalue weighted by atomic mass is 127. The van der Waals surface area contributed by atoms with Gasteiger partial charge in [0.2, 0.25) is 0 Å². The van der Waals surface area contributed by atoms with Gasteiger partial charge in [-0.05, 0) is 24.6 Å². The number of rotatable bonds is 2. The molecule has 1 aromatic rings. The molecular weight excluding hydrogens is 359 g/mol. The fraction of sp³-hybridized carbons (Fsp3) is 0.429. The zero-order chi connectivity index (χ0) is 12.6. The second-order valence-corrected chi connectivity index (χ2v) is 5.10. The highest BCUT2D eigenvalue weighted by Crippen LogP contribution is 2.31. The summed E-state index contributed by atoms with van der Waals surface area (Å²) in [7, 11) is 4.37. The Morgan fingerprint density at radius 3 is 2.28 bits per heavy atom. The van der Waals surface area contributed by atoms with Gasteiger partial charge in [-0.1, -0.05) is 30.7 Å². The molecule has 1 aromatic carbocycles. The summed E-state index contributed by atoms with van der Waals surface area (Å²) in [6.07, 6.45) is 1.10. The number of hydrogen-bond acceptors (Lipinski definition) is 1. The van der Waals surface area contributed by atoms with Gasteiger partial charge in [-0.15, -0.1) is 5.01 Å². The topological polar surface area (TPSA) is 7.68 Å². The van der Waals surface area contributed by atoms with E-state index in [-0.39, 0.29) is 24.0 Å². The van der Waals surface area contributed by atoms with Gasteiger partial charge in [0, 0.05) is 24.1 Å². The van der Waals surface area contributed by atoms with Gasteiger partial charge in [-0.25, -0.2) is 5.01 Å². The van der Waals surface area contributed by atoms with E-state index >= 15 is 0 Å². The molecule has 0 saturated heterocycles. The molecule has 100 valence electrons. The summed E-state index contributed by atoms with van der Waals surface area (Å²) >= 11 is 5.94. The van der Waals surface area contributed by atoms with Crippen molar-refractivity contribution in [1.82, 2.24) is 5.01 Å². The SMILES string of the molecule is CCC1=C(C)C(c2ccc(Cl)cc2)N(C)[NH+]1C.[I-]. The molecule has 2 rings (SSSR count). The van der Waals surface area contributed by atoms with Crippen LogP contribution in [0.2, 0.25) is 5.02 Å². The molecular formula is C14H20ClIN2. The van der Waals surface area contributed by atoms with Crippen LogP contribution in [-0.4, -0.2) is 19.1 Å². The standard InChI is InChI=1S/C14H19ClN2.HI/c1-5-13-10(2)14(17(4)16(13)3)11-6-8-12(15)9-7-11;/h6-9,14H,5H2,1-4H3;1H. The number of quaternary nitrogens is 1. The molecule has 0 amide bonds. The van der Waals surface area contributed by atoms with E-state index in [2.05, 4.69) is 45.1 Å². The molecule has 1 heterocycles. The van der Waals surface area contributed by atoms with Crippen molar-refractivity contribution < 1.29 is 29.0 Å². The van der Waals surface area contributed by atoms with Gasteiger partial charge in [0.05, 0.1) is 7.05 Å². The van der Waals surface area contributed by atoms with Crippen molar-refractivity contribution >= 4 is 11.6 Å². The van der Waals surface area contributed by atoms with Crippen molar-refractivity contribution in [1.29, 1.82) is 0 Å². The van der Waals surface area contributed by atoms with Crippen molar-refractivity contribution in [2.24, 2.45) is 0 Å². The van der Waals surface area contributed by atoms with Crippen LogP contribution in [0.1, 0.15) is 31.9 Å². The van der Waals surface area contributed by atoms with Crippen molar-refractivity contribution in [2.75, 3.05) is 14.1 Å². The van der Waals surface area contributed by atoms with E-state index in [9.17, 15) is 0 Å². The van der Waals surface area contributed by atoms with E-state index in [0.717, 1.165) is 11.4 Å². The number of nitrogens with one attached hydrogen (secondary N) is 1. The Labute approximate surface area is 132 Å². The Kier molecular flexibility index (Phi) is 5.65. The Balaban J connectivity index is 0.00000162. The predicted octanol–water partition coefficient (Wildman–Crippen LogP) is -0.556. The summed E-state index contributed by atoms with van der Waals surface area (Å²) in [6.45, 7) is 4.46. The summed E-state index contributed by atoms with van der Waals surface area (Å²) < 4.78 is 0. The van der Waals surface area contributed by atoms with Gasteiger partial charge in [0.25, 0.3) is 0 Å². The Morgan fingerprint density at radius 2 is 1.83 bits per heavy atom. The predicted molar refractivity (Wildman–Crippen MR) is 71.8 cm³/mol. The van der Waals surface area contributed by atoms with Crippen LogP contribution >= 0.6 is 11.6 Å². The van der Waals surface area contributed by atoms with Crippen LogP contribution in [0.4, 0.5) is 0 Å². The molecule has 1 aliphatic rings. The van der Waals surface area contributed by atoms with Crippen LogP contribution < -0.4 is 29.0 Å². The van der Waals surface area contributed by atoms with Gasteiger partial charge in [-0.3, -0.25) is 0 Å². The lowest BCUT2D eigenvalue weighted by Gasteiger charge is -2.23. The number of halogens is 2. The second kappa shape index (κ2) is 6.37. The van der Waals surface area contributed by atoms with Gasteiger partial charge < -0.3 is 24.0 Å². The highest BCUT2D eigenvalue weighted by Gasteiger charge is 2.36. The van der Waals surface area contributed by atoms with Crippen LogP contribution in [0.25, 0.3) is 0 Å². The van der Waals surface area contributed by atoms with Gasteiger partial charge in [0.15, 0.2) is 0 Å². The molecule has 4 heteroatoms. The monoisotopic (exact) mass is 378 g/mol. The van der Waals surface area contributed by atoms with E-state index in [1.165, 1.54) is 21.8 Å². The second-order valence-electron chi connectivity index (χ2n) is 4.67. The summed E-state index contributed by atoms with van der Waals surface area (Å²) in [5.74, 6) is 0. The molecule has 0 aliphatic carbocycles. The first-order valence-corrected chi connectivity index (χ1v) is 6.46. The fourth-order valence-corrected chi connectivity index (χ4v) is 2.93. The lowest BCUT2D eigenvalue weighted by molar-refractivity contribution is -0.959. The molecule has 2 atom stereocenters. The number of hydrogen-bond donors (Lipinski definition) is 1. The minimum Gasteiger partial charge on any atom is -1.00 e. The van der Waals surface area contributed by atoms with Gasteiger partial charge in [-0.2, -0.15) is 0 Å². The molecule has 2 unspecified atom stereocenters. The average Bonchev–Trinajstić information content (AvgIpc) is 2.52. The summed E-state index contributed by atoms with van der Waals surface area (Å²) in [4.78, 5) is 0. The normalized spacial score (nSPS) is 24.3. The first-order valence-electron chi connectivity index (χ1n) is 6.08. The zero-order valence-corrected chi connectivity index (χ0v) is 14.2.